The maximum atomic E-state index is 11.0. The van der Waals surface area contributed by atoms with Crippen molar-refractivity contribution >= 4 is 9.84 Å². The molecule has 0 aromatic heterocycles. The van der Waals surface area contributed by atoms with Gasteiger partial charge in [0.2, 0.25) is 0 Å². The van der Waals surface area contributed by atoms with Gasteiger partial charge in [-0.3, -0.25) is 0 Å². The molecule has 0 bridgehead atoms. The molecular weight excluding hydrogens is 160 g/mol. The average molecular weight is 174 g/mol. The molecule has 0 aliphatic carbocycles. The van der Waals surface area contributed by atoms with Crippen LogP contribution in [0, 0.1) is 0 Å². The molecule has 0 heterocycles. The van der Waals surface area contributed by atoms with E-state index in [0.29, 0.717) is 0 Å². The van der Waals surface area contributed by atoms with Crippen molar-refractivity contribution in [2.75, 3.05) is 0 Å². The third-order valence-electron chi connectivity index (χ3n) is 1.04. The third kappa shape index (κ3) is 5.85. The number of hydrogen-bond acceptors (Lipinski definition) is 2. The van der Waals surface area contributed by atoms with Gasteiger partial charge < -0.3 is 0 Å². The van der Waals surface area contributed by atoms with Crippen molar-refractivity contribution in [3.05, 3.63) is 23.0 Å². The monoisotopic (exact) mass is 174 g/mol. The molecule has 0 amide bonds. The highest BCUT2D eigenvalue weighted by Crippen LogP contribution is 1.97. The van der Waals surface area contributed by atoms with Gasteiger partial charge in [0.25, 0.3) is 0 Å². The van der Waals surface area contributed by atoms with Gasteiger partial charge in [-0.2, -0.15) is 0 Å². The van der Waals surface area contributed by atoms with Gasteiger partial charge in [0.05, 0.1) is 0 Å². The van der Waals surface area contributed by atoms with Crippen LogP contribution in [0.1, 0.15) is 26.7 Å². The van der Waals surface area contributed by atoms with Crippen molar-refractivity contribution in [1.29, 1.82) is 0 Å². The Balaban J connectivity index is 4.25. The van der Waals surface area contributed by atoms with E-state index >= 15 is 0 Å². The second-order valence-electron chi connectivity index (χ2n) is 2.15. The predicted octanol–water partition coefficient (Wildman–Crippen LogP) is 2.25. The Morgan fingerprint density at radius 3 is 1.64 bits per heavy atom. The highest BCUT2D eigenvalue weighted by Gasteiger charge is 1.95. The summed E-state index contributed by atoms with van der Waals surface area (Å²) in [6.07, 6.45) is 4.77. The topological polar surface area (TPSA) is 34.1 Å². The molecule has 2 nitrogen and oxygen atoms in total. The molecule has 0 saturated carbocycles. The Hall–Kier alpha value is -0.570. The largest absolute Gasteiger partial charge is 0.220 e. The van der Waals surface area contributed by atoms with Gasteiger partial charge in [0.1, 0.15) is 0 Å². The number of rotatable bonds is 4. The quantitative estimate of drug-likeness (QED) is 0.655. The second kappa shape index (κ2) is 5.13. The van der Waals surface area contributed by atoms with Gasteiger partial charge in [-0.1, -0.05) is 26.0 Å². The Labute approximate surface area is 68.5 Å². The molecule has 0 rings (SSSR count). The van der Waals surface area contributed by atoms with E-state index in [0.717, 1.165) is 12.8 Å². The molecule has 0 radical (unpaired) electrons. The molecule has 3 heteroatoms. The van der Waals surface area contributed by atoms with E-state index < -0.39 is 9.84 Å². The van der Waals surface area contributed by atoms with E-state index in [2.05, 4.69) is 0 Å². The summed E-state index contributed by atoms with van der Waals surface area (Å²) in [6.45, 7) is 3.80. The minimum atomic E-state index is -3.07. The minimum Gasteiger partial charge on any atom is -0.220 e. The van der Waals surface area contributed by atoms with Crippen molar-refractivity contribution in [1.82, 2.24) is 0 Å². The fourth-order valence-electron chi connectivity index (χ4n) is 0.506. The summed E-state index contributed by atoms with van der Waals surface area (Å²) in [7, 11) is -3.07. The van der Waals surface area contributed by atoms with Gasteiger partial charge >= 0.3 is 0 Å². The molecule has 0 aromatic rings. The van der Waals surface area contributed by atoms with Crippen LogP contribution in [0.3, 0.4) is 0 Å². The van der Waals surface area contributed by atoms with Crippen LogP contribution in [-0.2, 0) is 9.84 Å². The maximum absolute atomic E-state index is 11.0. The van der Waals surface area contributed by atoms with E-state index in [1.807, 2.05) is 13.8 Å². The number of sulfone groups is 1. The summed E-state index contributed by atoms with van der Waals surface area (Å²) in [5, 5.41) is 2.47. The lowest BCUT2D eigenvalue weighted by Gasteiger charge is -1.86. The lowest BCUT2D eigenvalue weighted by atomic mass is 10.5. The zero-order valence-electron chi connectivity index (χ0n) is 6.95. The van der Waals surface area contributed by atoms with E-state index in [4.69, 9.17) is 0 Å². The van der Waals surface area contributed by atoms with Gasteiger partial charge in [-0.15, -0.1) is 0 Å². The van der Waals surface area contributed by atoms with Gasteiger partial charge in [-0.25, -0.2) is 8.42 Å². The van der Waals surface area contributed by atoms with Gasteiger partial charge in [0, 0.05) is 10.8 Å². The van der Waals surface area contributed by atoms with E-state index in [-0.39, 0.29) is 0 Å². The highest BCUT2D eigenvalue weighted by atomic mass is 32.2. The molecule has 0 aliphatic rings. The molecule has 0 aliphatic heterocycles. The zero-order valence-corrected chi connectivity index (χ0v) is 7.76. The standard InChI is InChI=1S/C8H14O2S/c1-3-5-7-11(9,10)8-6-4-2/h5-8H,3-4H2,1-2H3. The van der Waals surface area contributed by atoms with Gasteiger partial charge in [-0.05, 0) is 12.8 Å². The van der Waals surface area contributed by atoms with Crippen LogP contribution in [0.4, 0.5) is 0 Å². The molecule has 0 aromatic carbocycles. The number of hydrogen-bond donors (Lipinski definition) is 0. The SMILES string of the molecule is CCC=CS(=O)(=O)C=CCC. The zero-order chi connectivity index (χ0) is 8.74. The Morgan fingerprint density at radius 1 is 1.00 bits per heavy atom. The first kappa shape index (κ1) is 10.4. The van der Waals surface area contributed by atoms with Crippen LogP contribution >= 0.6 is 0 Å². The van der Waals surface area contributed by atoms with E-state index in [9.17, 15) is 8.42 Å². The Kier molecular flexibility index (Phi) is 4.86. The fourth-order valence-corrected chi connectivity index (χ4v) is 1.52. The molecule has 0 saturated heterocycles. The van der Waals surface area contributed by atoms with Crippen LogP contribution in [0.5, 0.6) is 0 Å². The van der Waals surface area contributed by atoms with E-state index in [1.165, 1.54) is 10.8 Å². The van der Waals surface area contributed by atoms with E-state index in [1.54, 1.807) is 12.2 Å². The molecular formula is C8H14O2S. The highest BCUT2D eigenvalue weighted by molar-refractivity contribution is 7.97. The molecule has 11 heavy (non-hydrogen) atoms. The predicted molar refractivity (Wildman–Crippen MR) is 47.8 cm³/mol. The summed E-state index contributed by atoms with van der Waals surface area (Å²) in [5.41, 5.74) is 0. The molecule has 0 fully saturated rings. The van der Waals surface area contributed by atoms with Crippen LogP contribution < -0.4 is 0 Å². The lowest BCUT2D eigenvalue weighted by molar-refractivity contribution is 0.612. The first-order valence-corrected chi connectivity index (χ1v) is 5.31. The van der Waals surface area contributed by atoms with Crippen molar-refractivity contribution < 1.29 is 8.42 Å². The summed E-state index contributed by atoms with van der Waals surface area (Å²) >= 11 is 0. The van der Waals surface area contributed by atoms with Crippen LogP contribution in [0.25, 0.3) is 0 Å². The Bertz CT molecular complexity index is 215. The lowest BCUT2D eigenvalue weighted by Crippen LogP contribution is -1.86. The first-order valence-electron chi connectivity index (χ1n) is 3.70. The summed E-state index contributed by atoms with van der Waals surface area (Å²) in [6, 6.07) is 0. The molecule has 0 spiro atoms. The smallest absolute Gasteiger partial charge is 0.192 e. The molecule has 0 atom stereocenters. The van der Waals surface area contributed by atoms with Crippen LogP contribution in [0.15, 0.2) is 23.0 Å². The van der Waals surface area contributed by atoms with Crippen LogP contribution in [-0.4, -0.2) is 8.42 Å². The van der Waals surface area contributed by atoms with Crippen molar-refractivity contribution in [2.45, 2.75) is 26.7 Å². The Morgan fingerprint density at radius 2 is 1.36 bits per heavy atom. The average Bonchev–Trinajstić information content (AvgIpc) is 1.97. The second-order valence-corrected chi connectivity index (χ2v) is 3.87. The molecule has 0 N–H and O–H groups in total. The summed E-state index contributed by atoms with van der Waals surface area (Å²) in [4.78, 5) is 0. The number of allylic oxidation sites excluding steroid dienone is 2. The molecule has 0 unspecified atom stereocenters. The van der Waals surface area contributed by atoms with Gasteiger partial charge in [0.15, 0.2) is 9.84 Å². The molecule has 64 valence electrons. The first-order chi connectivity index (χ1) is 5.12. The fraction of sp³-hybridized carbons (Fsp3) is 0.500. The summed E-state index contributed by atoms with van der Waals surface area (Å²) < 4.78 is 21.9. The normalized spacial score (nSPS) is 13.3. The maximum Gasteiger partial charge on any atom is 0.192 e. The minimum absolute atomic E-state index is 0.749. The summed E-state index contributed by atoms with van der Waals surface area (Å²) in [5.74, 6) is 0. The third-order valence-corrected chi connectivity index (χ3v) is 2.19. The van der Waals surface area contributed by atoms with Crippen molar-refractivity contribution in [2.24, 2.45) is 0 Å². The van der Waals surface area contributed by atoms with Crippen molar-refractivity contribution in [3.63, 3.8) is 0 Å². The van der Waals surface area contributed by atoms with Crippen molar-refractivity contribution in [3.8, 4) is 0 Å². The van der Waals surface area contributed by atoms with Crippen LogP contribution in [0.2, 0.25) is 0 Å².